The number of ether oxygens (including phenoxy) is 5. The number of phenolic OH excluding ortho intramolecular Hbond substituents is 1. The quantitative estimate of drug-likeness (QED) is 0.152. The van der Waals surface area contributed by atoms with Gasteiger partial charge in [-0.2, -0.15) is 0 Å². The van der Waals surface area contributed by atoms with E-state index in [0.717, 1.165) is 6.08 Å². The first kappa shape index (κ1) is 36.4. The smallest absolute Gasteiger partial charge is 0.341 e. The van der Waals surface area contributed by atoms with Crippen LogP contribution in [0.1, 0.15) is 56.8 Å². The van der Waals surface area contributed by atoms with Crippen molar-refractivity contribution in [1.82, 2.24) is 4.90 Å². The number of methoxy groups -OCH3 is 2. The van der Waals surface area contributed by atoms with Gasteiger partial charge in [0.05, 0.1) is 19.6 Å². The number of likely N-dealkylation sites (tertiary alicyclic amines) is 1. The molecule has 1 amide bonds. The number of hydrogen-bond acceptors (Lipinski definition) is 11. The van der Waals surface area contributed by atoms with E-state index in [0.29, 0.717) is 35.5 Å². The van der Waals surface area contributed by atoms with E-state index in [1.807, 2.05) is 0 Å². The van der Waals surface area contributed by atoms with E-state index in [-0.39, 0.29) is 43.9 Å². The van der Waals surface area contributed by atoms with E-state index in [4.69, 9.17) is 28.8 Å². The van der Waals surface area contributed by atoms with E-state index < -0.39 is 53.8 Å². The Morgan fingerprint density at radius 3 is 2.43 bits per heavy atom. The number of piperidine rings is 1. The third-order valence-corrected chi connectivity index (χ3v) is 7.70. The molecule has 0 spiro atoms. The average molecular weight is 656 g/mol. The zero-order chi connectivity index (χ0) is 34.7. The van der Waals surface area contributed by atoms with Gasteiger partial charge in [-0.1, -0.05) is 18.7 Å². The molecule has 47 heavy (non-hydrogen) atoms. The Balaban J connectivity index is 1.88. The van der Waals surface area contributed by atoms with Crippen LogP contribution in [-0.2, 0) is 39.9 Å². The molecular weight excluding hydrogens is 614 g/mol. The average Bonchev–Trinajstić information content (AvgIpc) is 3.07. The number of Topliss-reactive ketones (excluding diaryl/α,β-unsaturated/α-hetero) is 1. The maximum Gasteiger partial charge on any atom is 0.341 e. The number of esters is 2. The minimum atomic E-state index is -1.36. The number of carboxylic acid groups (broad SMARTS) is 1. The summed E-state index contributed by atoms with van der Waals surface area (Å²) in [6.45, 7) is 5.48. The van der Waals surface area contributed by atoms with Crippen molar-refractivity contribution in [3.63, 3.8) is 0 Å². The molecule has 0 aliphatic carbocycles. The molecule has 0 aromatic heterocycles. The van der Waals surface area contributed by atoms with Crippen molar-refractivity contribution >= 4 is 29.6 Å². The molecule has 1 aliphatic heterocycles. The second-order valence-electron chi connectivity index (χ2n) is 11.6. The van der Waals surface area contributed by atoms with E-state index in [1.54, 1.807) is 30.3 Å². The minimum Gasteiger partial charge on any atom is -0.508 e. The number of aromatic hydroxyl groups is 1. The van der Waals surface area contributed by atoms with Gasteiger partial charge < -0.3 is 38.8 Å². The van der Waals surface area contributed by atoms with Crippen LogP contribution in [0.15, 0.2) is 49.1 Å². The van der Waals surface area contributed by atoms with Gasteiger partial charge in [-0.05, 0) is 75.3 Å². The van der Waals surface area contributed by atoms with Gasteiger partial charge in [0, 0.05) is 18.7 Å². The van der Waals surface area contributed by atoms with Crippen LogP contribution in [0, 0.1) is 5.41 Å². The maximum absolute atomic E-state index is 13.8. The molecule has 0 unspecified atom stereocenters. The number of amides is 1. The summed E-state index contributed by atoms with van der Waals surface area (Å²) < 4.78 is 27.0. The Kier molecular flexibility index (Phi) is 12.8. The van der Waals surface area contributed by atoms with E-state index in [1.165, 1.54) is 39.0 Å². The molecule has 2 atom stereocenters. The second kappa shape index (κ2) is 16.5. The van der Waals surface area contributed by atoms with Crippen LogP contribution in [0.5, 0.6) is 23.0 Å². The van der Waals surface area contributed by atoms with Crippen molar-refractivity contribution < 1.29 is 57.9 Å². The summed E-state index contributed by atoms with van der Waals surface area (Å²) in [5.74, 6) is -3.45. The van der Waals surface area contributed by atoms with E-state index in [9.17, 15) is 29.1 Å². The number of carboxylic acids is 1. The zero-order valence-corrected chi connectivity index (χ0v) is 27.0. The predicted octanol–water partition coefficient (Wildman–Crippen LogP) is 3.80. The highest BCUT2D eigenvalue weighted by Crippen LogP contribution is 2.36. The highest BCUT2D eigenvalue weighted by molar-refractivity contribution is 6.38. The van der Waals surface area contributed by atoms with Gasteiger partial charge in [0.15, 0.2) is 18.1 Å². The lowest BCUT2D eigenvalue weighted by molar-refractivity contribution is -0.165. The summed E-state index contributed by atoms with van der Waals surface area (Å²) in [5.41, 5.74) is -0.389. The number of carbonyl (C=O) groups excluding carboxylic acids is 4. The Hall–Kier alpha value is -5.07. The Morgan fingerprint density at radius 2 is 1.77 bits per heavy atom. The first-order valence-corrected chi connectivity index (χ1v) is 15.0. The molecule has 13 heteroatoms. The molecule has 1 fully saturated rings. The first-order valence-electron chi connectivity index (χ1n) is 15.0. The van der Waals surface area contributed by atoms with Crippen molar-refractivity contribution in [2.75, 3.05) is 34.0 Å². The fourth-order valence-electron chi connectivity index (χ4n) is 5.07. The van der Waals surface area contributed by atoms with Crippen LogP contribution in [0.4, 0.5) is 0 Å². The molecule has 13 nitrogen and oxygen atoms in total. The number of carbonyl (C=O) groups is 5. The van der Waals surface area contributed by atoms with Gasteiger partial charge in [-0.25, -0.2) is 14.4 Å². The molecular formula is C34H41NO12. The molecule has 1 aliphatic rings. The van der Waals surface area contributed by atoms with Gasteiger partial charge in [0.1, 0.15) is 30.3 Å². The van der Waals surface area contributed by atoms with Gasteiger partial charge in [-0.3, -0.25) is 9.59 Å². The summed E-state index contributed by atoms with van der Waals surface area (Å²) in [5, 5.41) is 19.7. The Bertz CT molecular complexity index is 1480. The van der Waals surface area contributed by atoms with Crippen molar-refractivity contribution in [2.24, 2.45) is 5.41 Å². The second-order valence-corrected chi connectivity index (χ2v) is 11.6. The van der Waals surface area contributed by atoms with Crippen molar-refractivity contribution in [1.29, 1.82) is 0 Å². The fraction of sp³-hybridized carbons (Fsp3) is 0.441. The topological polar surface area (TPSA) is 175 Å². The molecule has 3 rings (SSSR count). The van der Waals surface area contributed by atoms with Crippen molar-refractivity contribution in [3.05, 3.63) is 60.2 Å². The standard InChI is InChI=1S/C34H41NO12/c1-6-30(39)46-20-34(2,3)31(40)32(41)35-15-8-7-12-24(35)33(42)47-26(22-10-9-11-23(16-22)45-19-29(37)38)14-13-21-17-27(43-4)28(44-5)18-25(21)36/h6,9-11,16-18,24,26,36H,1,7-8,12-15,19-20H2,2-5H3,(H,37,38)/t24-,26+/m0/s1. The van der Waals surface area contributed by atoms with Gasteiger partial charge in [-0.15, -0.1) is 0 Å². The highest BCUT2D eigenvalue weighted by Gasteiger charge is 2.42. The summed E-state index contributed by atoms with van der Waals surface area (Å²) in [6, 6.07) is 8.38. The molecule has 1 heterocycles. The molecule has 2 aromatic rings. The number of hydrogen-bond donors (Lipinski definition) is 2. The van der Waals surface area contributed by atoms with Gasteiger partial charge in [0.2, 0.25) is 5.78 Å². The zero-order valence-electron chi connectivity index (χ0n) is 27.0. The lowest BCUT2D eigenvalue weighted by Crippen LogP contribution is -2.53. The summed E-state index contributed by atoms with van der Waals surface area (Å²) >= 11 is 0. The molecule has 2 aromatic carbocycles. The molecule has 2 N–H and O–H groups in total. The normalized spacial score (nSPS) is 15.1. The van der Waals surface area contributed by atoms with Crippen molar-refractivity contribution in [3.8, 4) is 23.0 Å². The summed E-state index contributed by atoms with van der Waals surface area (Å²) in [7, 11) is 2.90. The van der Waals surface area contributed by atoms with Gasteiger partial charge in [0.25, 0.3) is 5.91 Å². The number of phenols is 1. The third kappa shape index (κ3) is 9.71. The SMILES string of the molecule is C=CC(=O)OCC(C)(C)C(=O)C(=O)N1CCCC[C@H]1C(=O)O[C@H](CCc1cc(OC)c(OC)cc1O)c1cccc(OCC(=O)O)c1. The third-order valence-electron chi connectivity index (χ3n) is 7.70. The minimum absolute atomic E-state index is 0.0600. The Morgan fingerprint density at radius 1 is 1.06 bits per heavy atom. The van der Waals surface area contributed by atoms with Crippen LogP contribution in [0.25, 0.3) is 0 Å². The predicted molar refractivity (Wildman–Crippen MR) is 167 cm³/mol. The molecule has 254 valence electrons. The number of nitrogens with zero attached hydrogens (tertiary/aromatic N) is 1. The van der Waals surface area contributed by atoms with Crippen LogP contribution in [0.2, 0.25) is 0 Å². The van der Waals surface area contributed by atoms with Gasteiger partial charge >= 0.3 is 17.9 Å². The van der Waals surface area contributed by atoms with E-state index >= 15 is 0 Å². The van der Waals surface area contributed by atoms with Crippen LogP contribution in [0.3, 0.4) is 0 Å². The highest BCUT2D eigenvalue weighted by atomic mass is 16.5. The van der Waals surface area contributed by atoms with Crippen LogP contribution >= 0.6 is 0 Å². The largest absolute Gasteiger partial charge is 0.508 e. The lowest BCUT2D eigenvalue weighted by Gasteiger charge is -2.36. The molecule has 0 radical (unpaired) electrons. The van der Waals surface area contributed by atoms with Crippen LogP contribution in [-0.4, -0.2) is 84.7 Å². The first-order chi connectivity index (χ1) is 22.3. The number of rotatable bonds is 16. The lowest BCUT2D eigenvalue weighted by atomic mass is 9.87. The summed E-state index contributed by atoms with van der Waals surface area (Å²) in [6.07, 6.45) is 1.85. The fourth-order valence-corrected chi connectivity index (χ4v) is 5.07. The number of ketones is 1. The number of benzene rings is 2. The molecule has 1 saturated heterocycles. The van der Waals surface area contributed by atoms with Crippen LogP contribution < -0.4 is 14.2 Å². The molecule has 0 bridgehead atoms. The molecule has 0 saturated carbocycles. The number of aryl methyl sites for hydroxylation is 1. The van der Waals surface area contributed by atoms with E-state index in [2.05, 4.69) is 6.58 Å². The van der Waals surface area contributed by atoms with Crippen molar-refractivity contribution in [2.45, 2.75) is 58.1 Å². The Labute approximate surface area is 273 Å². The summed E-state index contributed by atoms with van der Waals surface area (Å²) in [4.78, 5) is 64.3. The monoisotopic (exact) mass is 655 g/mol. The number of aliphatic carboxylic acids is 1. The maximum atomic E-state index is 13.8.